The van der Waals surface area contributed by atoms with Crippen molar-refractivity contribution in [2.24, 2.45) is 7.05 Å². The molecule has 3 aromatic rings. The van der Waals surface area contributed by atoms with Crippen molar-refractivity contribution < 1.29 is 4.79 Å². The highest BCUT2D eigenvalue weighted by Gasteiger charge is 2.10. The topological polar surface area (TPSA) is 46.9 Å². The van der Waals surface area contributed by atoms with E-state index in [1.54, 1.807) is 0 Å². The fourth-order valence-electron chi connectivity index (χ4n) is 2.58. The molecule has 0 radical (unpaired) electrons. The Morgan fingerprint density at radius 3 is 2.52 bits per heavy atom. The number of carbonyl (C=O) groups excluding carboxylic acids is 1. The van der Waals surface area contributed by atoms with Crippen molar-refractivity contribution in [2.75, 3.05) is 5.32 Å². The predicted molar refractivity (Wildman–Crippen MR) is 94.2 cm³/mol. The van der Waals surface area contributed by atoms with Gasteiger partial charge in [0.1, 0.15) is 0 Å². The standard InChI is InChI=1S/C18H19N3OS/c1-12-16(13(2)21(3)20-12)11-14-6-8-15(9-7-14)19-18(22)17-5-4-10-23-17/h4-10H,11H2,1-3H3,(H,19,22). The minimum Gasteiger partial charge on any atom is -0.321 e. The lowest BCUT2D eigenvalue weighted by Crippen LogP contribution is -2.09. The molecule has 0 bridgehead atoms. The first-order valence-corrected chi connectivity index (χ1v) is 8.35. The van der Waals surface area contributed by atoms with E-state index in [0.717, 1.165) is 22.7 Å². The number of thiophene rings is 1. The molecule has 23 heavy (non-hydrogen) atoms. The molecule has 0 fully saturated rings. The summed E-state index contributed by atoms with van der Waals surface area (Å²) in [5.74, 6) is -0.0632. The number of aromatic nitrogens is 2. The quantitative estimate of drug-likeness (QED) is 0.790. The third-order valence-electron chi connectivity index (χ3n) is 4.00. The Hall–Kier alpha value is -2.40. The lowest BCUT2D eigenvalue weighted by atomic mass is 10.0. The first kappa shape index (κ1) is 15.5. The molecule has 1 aromatic carbocycles. The van der Waals surface area contributed by atoms with E-state index in [9.17, 15) is 4.79 Å². The Labute approximate surface area is 139 Å². The molecule has 0 saturated heterocycles. The van der Waals surface area contributed by atoms with Gasteiger partial charge in [-0.05, 0) is 43.0 Å². The zero-order chi connectivity index (χ0) is 16.4. The highest BCUT2D eigenvalue weighted by Crippen LogP contribution is 2.19. The summed E-state index contributed by atoms with van der Waals surface area (Å²) < 4.78 is 1.92. The van der Waals surface area contributed by atoms with Crippen LogP contribution in [0.25, 0.3) is 0 Å². The third kappa shape index (κ3) is 3.35. The van der Waals surface area contributed by atoms with Crippen molar-refractivity contribution in [3.63, 3.8) is 0 Å². The Morgan fingerprint density at radius 1 is 1.22 bits per heavy atom. The average molecular weight is 325 g/mol. The second-order valence-corrected chi connectivity index (χ2v) is 6.53. The number of amides is 1. The van der Waals surface area contributed by atoms with Crippen LogP contribution in [0.2, 0.25) is 0 Å². The first-order chi connectivity index (χ1) is 11.0. The lowest BCUT2D eigenvalue weighted by molar-refractivity contribution is 0.103. The van der Waals surface area contributed by atoms with Crippen LogP contribution in [-0.4, -0.2) is 15.7 Å². The van der Waals surface area contributed by atoms with Crippen molar-refractivity contribution in [3.8, 4) is 0 Å². The van der Waals surface area contributed by atoms with Gasteiger partial charge in [0.05, 0.1) is 10.6 Å². The minimum absolute atomic E-state index is 0.0632. The number of aryl methyl sites for hydroxylation is 2. The lowest BCUT2D eigenvalue weighted by Gasteiger charge is -2.06. The van der Waals surface area contributed by atoms with Gasteiger partial charge in [-0.1, -0.05) is 18.2 Å². The van der Waals surface area contributed by atoms with Crippen LogP contribution >= 0.6 is 11.3 Å². The summed E-state index contributed by atoms with van der Waals surface area (Å²) in [6.45, 7) is 4.13. The van der Waals surface area contributed by atoms with E-state index in [1.807, 2.05) is 48.3 Å². The molecule has 2 aromatic heterocycles. The molecule has 0 aliphatic carbocycles. The summed E-state index contributed by atoms with van der Waals surface area (Å²) in [5, 5.41) is 9.27. The molecule has 3 rings (SSSR count). The molecule has 0 unspecified atom stereocenters. The maximum absolute atomic E-state index is 12.0. The number of rotatable bonds is 4. The monoisotopic (exact) mass is 325 g/mol. The van der Waals surface area contributed by atoms with Crippen molar-refractivity contribution in [1.82, 2.24) is 9.78 Å². The maximum Gasteiger partial charge on any atom is 0.265 e. The van der Waals surface area contributed by atoms with Gasteiger partial charge in [-0.25, -0.2) is 0 Å². The number of nitrogens with zero attached hydrogens (tertiary/aromatic N) is 2. The molecular weight excluding hydrogens is 306 g/mol. The van der Waals surface area contributed by atoms with Crippen LogP contribution in [0.15, 0.2) is 41.8 Å². The third-order valence-corrected chi connectivity index (χ3v) is 4.87. The van der Waals surface area contributed by atoms with E-state index in [4.69, 9.17) is 0 Å². The number of carbonyl (C=O) groups is 1. The zero-order valence-electron chi connectivity index (χ0n) is 13.5. The van der Waals surface area contributed by atoms with E-state index in [2.05, 4.69) is 29.5 Å². The van der Waals surface area contributed by atoms with Crippen LogP contribution in [0.1, 0.15) is 32.2 Å². The molecular formula is C18H19N3OS. The van der Waals surface area contributed by atoms with Gasteiger partial charge in [-0.2, -0.15) is 5.10 Å². The van der Waals surface area contributed by atoms with E-state index in [-0.39, 0.29) is 5.91 Å². The van der Waals surface area contributed by atoms with Crippen LogP contribution < -0.4 is 5.32 Å². The van der Waals surface area contributed by atoms with Gasteiger partial charge in [0.15, 0.2) is 0 Å². The second-order valence-electron chi connectivity index (χ2n) is 5.58. The summed E-state index contributed by atoms with van der Waals surface area (Å²) in [6, 6.07) is 11.7. The number of anilines is 1. The van der Waals surface area contributed by atoms with Crippen LogP contribution in [0, 0.1) is 13.8 Å². The van der Waals surface area contributed by atoms with Crippen molar-refractivity contribution >= 4 is 22.9 Å². The first-order valence-electron chi connectivity index (χ1n) is 7.47. The van der Waals surface area contributed by atoms with Crippen LogP contribution in [0.5, 0.6) is 0 Å². The molecule has 0 atom stereocenters. The van der Waals surface area contributed by atoms with Gasteiger partial charge in [0.25, 0.3) is 5.91 Å². The molecule has 118 valence electrons. The van der Waals surface area contributed by atoms with Crippen LogP contribution in [-0.2, 0) is 13.5 Å². The second kappa shape index (κ2) is 6.38. The summed E-state index contributed by atoms with van der Waals surface area (Å²) >= 11 is 1.44. The van der Waals surface area contributed by atoms with Gasteiger partial charge < -0.3 is 5.32 Å². The van der Waals surface area contributed by atoms with Gasteiger partial charge in [-0.15, -0.1) is 11.3 Å². The van der Waals surface area contributed by atoms with E-state index in [0.29, 0.717) is 0 Å². The molecule has 0 aliphatic heterocycles. The Balaban J connectivity index is 1.71. The summed E-state index contributed by atoms with van der Waals surface area (Å²) in [5.41, 5.74) is 5.55. The van der Waals surface area contributed by atoms with E-state index < -0.39 is 0 Å². The van der Waals surface area contributed by atoms with Crippen molar-refractivity contribution in [2.45, 2.75) is 20.3 Å². The fraction of sp³-hybridized carbons (Fsp3) is 0.222. The number of benzene rings is 1. The normalized spacial score (nSPS) is 10.7. The smallest absolute Gasteiger partial charge is 0.265 e. The van der Waals surface area contributed by atoms with Gasteiger partial charge in [0, 0.05) is 30.4 Å². The molecule has 0 spiro atoms. The molecule has 1 amide bonds. The molecule has 1 N–H and O–H groups in total. The van der Waals surface area contributed by atoms with Crippen molar-refractivity contribution in [1.29, 1.82) is 0 Å². The summed E-state index contributed by atoms with van der Waals surface area (Å²) in [6.07, 6.45) is 0.852. The number of hydrogen-bond donors (Lipinski definition) is 1. The molecule has 2 heterocycles. The SMILES string of the molecule is Cc1nn(C)c(C)c1Cc1ccc(NC(=O)c2cccs2)cc1. The maximum atomic E-state index is 12.0. The zero-order valence-corrected chi connectivity index (χ0v) is 14.3. The van der Waals surface area contributed by atoms with E-state index >= 15 is 0 Å². The summed E-state index contributed by atoms with van der Waals surface area (Å²) in [7, 11) is 1.97. The highest BCUT2D eigenvalue weighted by atomic mass is 32.1. The van der Waals surface area contributed by atoms with E-state index in [1.165, 1.54) is 28.2 Å². The van der Waals surface area contributed by atoms with Gasteiger partial charge in [-0.3, -0.25) is 9.48 Å². The van der Waals surface area contributed by atoms with Gasteiger partial charge >= 0.3 is 0 Å². The number of hydrogen-bond acceptors (Lipinski definition) is 3. The largest absolute Gasteiger partial charge is 0.321 e. The Kier molecular flexibility index (Phi) is 4.30. The van der Waals surface area contributed by atoms with Gasteiger partial charge in [0.2, 0.25) is 0 Å². The molecule has 0 saturated carbocycles. The average Bonchev–Trinajstić information content (AvgIpc) is 3.14. The Bertz CT molecular complexity index is 817. The summed E-state index contributed by atoms with van der Waals surface area (Å²) in [4.78, 5) is 12.7. The Morgan fingerprint density at radius 2 is 1.96 bits per heavy atom. The van der Waals surface area contributed by atoms with Crippen LogP contribution in [0.4, 0.5) is 5.69 Å². The molecule has 5 heteroatoms. The van der Waals surface area contributed by atoms with Crippen molar-refractivity contribution in [3.05, 3.63) is 69.2 Å². The predicted octanol–water partition coefficient (Wildman–Crippen LogP) is 3.94. The highest BCUT2D eigenvalue weighted by molar-refractivity contribution is 7.12. The fourth-order valence-corrected chi connectivity index (χ4v) is 3.20. The molecule has 4 nitrogen and oxygen atoms in total. The van der Waals surface area contributed by atoms with Crippen LogP contribution in [0.3, 0.4) is 0 Å². The molecule has 0 aliphatic rings. The number of nitrogens with one attached hydrogen (secondary N) is 1. The minimum atomic E-state index is -0.0632.